The van der Waals surface area contributed by atoms with Crippen LogP contribution in [0.4, 0.5) is 11.4 Å². The zero-order chi connectivity index (χ0) is 26.6. The highest BCUT2D eigenvalue weighted by molar-refractivity contribution is 7.88. The summed E-state index contributed by atoms with van der Waals surface area (Å²) in [5.41, 5.74) is 3.43. The van der Waals surface area contributed by atoms with Gasteiger partial charge in [-0.2, -0.15) is 0 Å². The Morgan fingerprint density at radius 1 is 0.946 bits per heavy atom. The average molecular weight is 524 g/mol. The van der Waals surface area contributed by atoms with Crippen LogP contribution in [0.15, 0.2) is 66.7 Å². The lowest BCUT2D eigenvalue weighted by Crippen LogP contribution is -2.31. The van der Waals surface area contributed by atoms with E-state index in [9.17, 15) is 18.0 Å². The Morgan fingerprint density at radius 2 is 1.57 bits per heavy atom. The van der Waals surface area contributed by atoms with E-state index in [2.05, 4.69) is 10.0 Å². The van der Waals surface area contributed by atoms with Gasteiger partial charge in [-0.3, -0.25) is 9.59 Å². The van der Waals surface area contributed by atoms with Crippen molar-refractivity contribution >= 4 is 33.2 Å². The molecule has 0 aliphatic carbocycles. The third-order valence-electron chi connectivity index (χ3n) is 6.11. The van der Waals surface area contributed by atoms with Gasteiger partial charge >= 0.3 is 0 Å². The molecule has 37 heavy (non-hydrogen) atoms. The summed E-state index contributed by atoms with van der Waals surface area (Å²) in [6, 6.07) is 18.5. The minimum absolute atomic E-state index is 0.120. The number of hydrogen-bond acceptors (Lipinski definition) is 6. The molecule has 0 spiro atoms. The molecule has 0 bridgehead atoms. The first-order chi connectivity index (χ1) is 17.7. The average Bonchev–Trinajstić information content (AvgIpc) is 3.30. The Bertz CT molecular complexity index is 1390. The first-order valence-electron chi connectivity index (χ1n) is 11.7. The maximum atomic E-state index is 13.1. The number of fused-ring (bicyclic) bond motifs is 1. The molecular weight excluding hydrogens is 494 g/mol. The number of carbonyl (C=O) groups is 2. The molecule has 3 aromatic rings. The molecule has 1 aliphatic heterocycles. The third kappa shape index (κ3) is 6.46. The van der Waals surface area contributed by atoms with Gasteiger partial charge in [0.2, 0.25) is 15.9 Å². The second-order valence-electron chi connectivity index (χ2n) is 8.75. The van der Waals surface area contributed by atoms with Crippen LogP contribution in [0, 0.1) is 0 Å². The van der Waals surface area contributed by atoms with Gasteiger partial charge in [-0.15, -0.1) is 0 Å². The molecule has 2 amide bonds. The topological polar surface area (TPSA) is 114 Å². The van der Waals surface area contributed by atoms with Crippen molar-refractivity contribution in [2.75, 3.05) is 37.2 Å². The fraction of sp³-hybridized carbons (Fsp3) is 0.259. The van der Waals surface area contributed by atoms with Crippen molar-refractivity contribution in [2.24, 2.45) is 0 Å². The number of anilines is 2. The largest absolute Gasteiger partial charge is 0.497 e. The van der Waals surface area contributed by atoms with Gasteiger partial charge < -0.3 is 19.7 Å². The lowest BCUT2D eigenvalue weighted by Gasteiger charge is -2.20. The van der Waals surface area contributed by atoms with Crippen LogP contribution >= 0.6 is 0 Å². The molecule has 0 fully saturated rings. The van der Waals surface area contributed by atoms with Crippen LogP contribution in [0.1, 0.15) is 33.9 Å². The number of benzene rings is 3. The maximum absolute atomic E-state index is 13.1. The number of amides is 2. The van der Waals surface area contributed by atoms with E-state index in [1.807, 2.05) is 6.07 Å². The summed E-state index contributed by atoms with van der Waals surface area (Å²) >= 11 is 0. The quantitative estimate of drug-likeness (QED) is 0.444. The van der Waals surface area contributed by atoms with Crippen molar-refractivity contribution < 1.29 is 27.5 Å². The maximum Gasteiger partial charge on any atom is 0.258 e. The molecule has 10 heteroatoms. The van der Waals surface area contributed by atoms with Crippen molar-refractivity contribution in [3.8, 4) is 11.5 Å². The highest BCUT2D eigenvalue weighted by Gasteiger charge is 2.26. The van der Waals surface area contributed by atoms with Gasteiger partial charge in [-0.05, 0) is 66.1 Å². The highest BCUT2D eigenvalue weighted by atomic mass is 32.2. The van der Waals surface area contributed by atoms with E-state index in [-0.39, 0.29) is 18.2 Å². The molecule has 194 valence electrons. The van der Waals surface area contributed by atoms with Crippen molar-refractivity contribution in [1.29, 1.82) is 0 Å². The number of nitrogens with one attached hydrogen (secondary N) is 2. The molecule has 0 aromatic heterocycles. The fourth-order valence-corrected chi connectivity index (χ4v) is 5.01. The highest BCUT2D eigenvalue weighted by Crippen LogP contribution is 2.32. The minimum Gasteiger partial charge on any atom is -0.497 e. The number of carbonyl (C=O) groups excluding carboxylic acids is 2. The monoisotopic (exact) mass is 523 g/mol. The first kappa shape index (κ1) is 26.2. The van der Waals surface area contributed by atoms with E-state index in [0.29, 0.717) is 41.3 Å². The Kier molecular flexibility index (Phi) is 7.80. The van der Waals surface area contributed by atoms with E-state index in [0.717, 1.165) is 17.5 Å². The van der Waals surface area contributed by atoms with Gasteiger partial charge in [0.05, 0.1) is 26.5 Å². The molecule has 4 rings (SSSR count). The van der Waals surface area contributed by atoms with Crippen LogP contribution in [0.5, 0.6) is 11.5 Å². The number of ether oxygens (including phenoxy) is 2. The van der Waals surface area contributed by atoms with E-state index in [1.165, 1.54) is 7.11 Å². The predicted molar refractivity (Wildman–Crippen MR) is 142 cm³/mol. The molecular formula is C27H29N3O6S. The number of sulfonamides is 1. The molecule has 0 saturated heterocycles. The van der Waals surface area contributed by atoms with Crippen LogP contribution in [0.2, 0.25) is 0 Å². The molecule has 1 atom stereocenters. The Labute approximate surface area is 216 Å². The zero-order valence-corrected chi connectivity index (χ0v) is 21.7. The molecule has 0 unspecified atom stereocenters. The lowest BCUT2D eigenvalue weighted by atomic mass is 10.0. The van der Waals surface area contributed by atoms with Gasteiger partial charge in [0, 0.05) is 29.9 Å². The van der Waals surface area contributed by atoms with Gasteiger partial charge in [-0.1, -0.05) is 18.2 Å². The Hall–Kier alpha value is -3.89. The molecule has 2 N–H and O–H groups in total. The van der Waals surface area contributed by atoms with E-state index >= 15 is 0 Å². The van der Waals surface area contributed by atoms with Crippen molar-refractivity contribution in [2.45, 2.75) is 18.9 Å². The summed E-state index contributed by atoms with van der Waals surface area (Å²) in [4.78, 5) is 27.8. The number of methoxy groups -OCH3 is 2. The zero-order valence-electron chi connectivity index (χ0n) is 20.9. The Balaban J connectivity index is 1.49. The molecule has 0 saturated carbocycles. The first-order valence-corrected chi connectivity index (χ1v) is 13.6. The van der Waals surface area contributed by atoms with Gasteiger partial charge in [-0.25, -0.2) is 13.1 Å². The summed E-state index contributed by atoms with van der Waals surface area (Å²) in [5, 5.41) is 2.84. The third-order valence-corrected chi connectivity index (χ3v) is 6.82. The van der Waals surface area contributed by atoms with E-state index in [4.69, 9.17) is 9.47 Å². The number of rotatable bonds is 9. The summed E-state index contributed by atoms with van der Waals surface area (Å²) < 4.78 is 36.7. The van der Waals surface area contributed by atoms with Crippen LogP contribution in [-0.4, -0.2) is 47.3 Å². The van der Waals surface area contributed by atoms with Crippen LogP contribution in [0.3, 0.4) is 0 Å². The SMILES string of the molecule is COc1ccc(C(=O)N2CCc3ccc(NC(=O)C[C@H](NS(C)(=O)=O)c4ccc(OC)cc4)cc32)cc1. The van der Waals surface area contributed by atoms with Crippen LogP contribution in [0.25, 0.3) is 0 Å². The van der Waals surface area contributed by atoms with Crippen LogP contribution < -0.4 is 24.4 Å². The second-order valence-corrected chi connectivity index (χ2v) is 10.5. The van der Waals surface area contributed by atoms with Crippen LogP contribution in [-0.2, 0) is 21.2 Å². The fourth-order valence-electron chi connectivity index (χ4n) is 4.28. The van der Waals surface area contributed by atoms with E-state index < -0.39 is 16.1 Å². The molecule has 3 aromatic carbocycles. The van der Waals surface area contributed by atoms with E-state index in [1.54, 1.807) is 72.7 Å². The minimum atomic E-state index is -3.57. The second kappa shape index (κ2) is 11.0. The molecule has 1 aliphatic rings. The normalized spacial score (nSPS) is 13.5. The van der Waals surface area contributed by atoms with Gasteiger partial charge in [0.1, 0.15) is 11.5 Å². The lowest BCUT2D eigenvalue weighted by molar-refractivity contribution is -0.116. The number of hydrogen-bond donors (Lipinski definition) is 2. The summed E-state index contributed by atoms with van der Waals surface area (Å²) in [5.74, 6) is 0.782. The smallest absolute Gasteiger partial charge is 0.258 e. The summed E-state index contributed by atoms with van der Waals surface area (Å²) in [7, 11) is -0.467. The summed E-state index contributed by atoms with van der Waals surface area (Å²) in [6.07, 6.45) is 1.64. The van der Waals surface area contributed by atoms with Crippen molar-refractivity contribution in [3.63, 3.8) is 0 Å². The molecule has 1 heterocycles. The van der Waals surface area contributed by atoms with Gasteiger partial charge in [0.25, 0.3) is 5.91 Å². The van der Waals surface area contributed by atoms with Crippen molar-refractivity contribution in [1.82, 2.24) is 4.72 Å². The number of nitrogens with zero attached hydrogens (tertiary/aromatic N) is 1. The predicted octanol–water partition coefficient (Wildman–Crippen LogP) is 3.53. The molecule has 9 nitrogen and oxygen atoms in total. The summed E-state index contributed by atoms with van der Waals surface area (Å²) in [6.45, 7) is 0.537. The Morgan fingerprint density at radius 3 is 2.16 bits per heavy atom. The standard InChI is InChI=1S/C27H29N3O6S/c1-35-22-10-5-18(6-11-22)24(29-37(3,33)34)17-26(31)28-21-9-4-19-14-15-30(25(19)16-21)27(32)20-7-12-23(36-2)13-8-20/h4-13,16,24,29H,14-15,17H2,1-3H3,(H,28,31)/t24-/m0/s1. The van der Waals surface area contributed by atoms with Gasteiger partial charge in [0.15, 0.2) is 0 Å². The molecule has 0 radical (unpaired) electrons. The van der Waals surface area contributed by atoms with Crippen molar-refractivity contribution in [3.05, 3.63) is 83.4 Å².